The molecule has 2 aromatic carbocycles. The topological polar surface area (TPSA) is 86.7 Å². The highest BCUT2D eigenvalue weighted by atomic mass is 32.2. The SMILES string of the molecule is CC(=O)Nc1ccc(C)c(S(=O)(=O)N2CC(O)CC2c2ccc(F)cc2)c1. The van der Waals surface area contributed by atoms with Crippen LogP contribution in [0.25, 0.3) is 0 Å². The van der Waals surface area contributed by atoms with Crippen molar-refractivity contribution in [3.63, 3.8) is 0 Å². The third-order valence-electron chi connectivity index (χ3n) is 4.58. The Labute approximate surface area is 157 Å². The number of carbonyl (C=O) groups is 1. The molecule has 2 aromatic rings. The Bertz CT molecular complexity index is 960. The maximum Gasteiger partial charge on any atom is 0.244 e. The molecule has 1 heterocycles. The predicted molar refractivity (Wildman–Crippen MR) is 99.1 cm³/mol. The number of benzene rings is 2. The van der Waals surface area contributed by atoms with Crippen molar-refractivity contribution in [1.82, 2.24) is 4.31 Å². The largest absolute Gasteiger partial charge is 0.392 e. The van der Waals surface area contributed by atoms with Crippen LogP contribution < -0.4 is 5.32 Å². The van der Waals surface area contributed by atoms with Crippen molar-refractivity contribution >= 4 is 21.6 Å². The summed E-state index contributed by atoms with van der Waals surface area (Å²) < 4.78 is 41.1. The van der Waals surface area contributed by atoms with Gasteiger partial charge < -0.3 is 10.4 Å². The highest BCUT2D eigenvalue weighted by Crippen LogP contribution is 2.38. The Kier molecular flexibility index (Phi) is 5.32. The van der Waals surface area contributed by atoms with Gasteiger partial charge in [0.1, 0.15) is 5.82 Å². The van der Waals surface area contributed by atoms with E-state index in [0.717, 1.165) is 0 Å². The van der Waals surface area contributed by atoms with Gasteiger partial charge in [0.15, 0.2) is 0 Å². The molecule has 2 unspecified atom stereocenters. The number of β-amino-alcohol motifs (C(OH)–C–C–N with tert-alkyl or cyclic N) is 1. The molecule has 2 N–H and O–H groups in total. The van der Waals surface area contributed by atoms with Crippen LogP contribution in [-0.2, 0) is 14.8 Å². The van der Waals surface area contributed by atoms with Crippen LogP contribution in [0.4, 0.5) is 10.1 Å². The molecule has 0 saturated carbocycles. The van der Waals surface area contributed by atoms with Crippen LogP contribution in [0.1, 0.15) is 30.5 Å². The first kappa shape index (κ1) is 19.5. The number of hydrogen-bond acceptors (Lipinski definition) is 4. The highest BCUT2D eigenvalue weighted by Gasteiger charge is 2.41. The van der Waals surface area contributed by atoms with Crippen LogP contribution in [0.15, 0.2) is 47.4 Å². The first-order chi connectivity index (χ1) is 12.7. The number of hydrogen-bond donors (Lipinski definition) is 2. The van der Waals surface area contributed by atoms with Gasteiger partial charge in [0.25, 0.3) is 0 Å². The molecule has 0 spiro atoms. The van der Waals surface area contributed by atoms with Crippen molar-refractivity contribution in [2.45, 2.75) is 37.3 Å². The van der Waals surface area contributed by atoms with Gasteiger partial charge in [0.2, 0.25) is 15.9 Å². The molecule has 1 amide bonds. The first-order valence-electron chi connectivity index (χ1n) is 8.52. The zero-order valence-corrected chi connectivity index (χ0v) is 15.8. The summed E-state index contributed by atoms with van der Waals surface area (Å²) in [6, 6.07) is 9.68. The number of aliphatic hydroxyl groups excluding tert-OH is 1. The van der Waals surface area contributed by atoms with E-state index in [9.17, 15) is 22.7 Å². The Balaban J connectivity index is 2.02. The summed E-state index contributed by atoms with van der Waals surface area (Å²) in [6.07, 6.45) is -0.580. The number of carbonyl (C=O) groups excluding carboxylic acids is 1. The molecule has 0 bridgehead atoms. The Morgan fingerprint density at radius 1 is 1.22 bits per heavy atom. The van der Waals surface area contributed by atoms with Crippen molar-refractivity contribution in [2.75, 3.05) is 11.9 Å². The van der Waals surface area contributed by atoms with Crippen molar-refractivity contribution in [2.24, 2.45) is 0 Å². The van der Waals surface area contributed by atoms with Crippen molar-refractivity contribution in [3.8, 4) is 0 Å². The van der Waals surface area contributed by atoms with Gasteiger partial charge in [0, 0.05) is 19.2 Å². The zero-order chi connectivity index (χ0) is 19.8. The third-order valence-corrected chi connectivity index (χ3v) is 6.60. The molecule has 0 aliphatic carbocycles. The number of nitrogens with zero attached hydrogens (tertiary/aromatic N) is 1. The third kappa shape index (κ3) is 4.02. The van der Waals surface area contributed by atoms with Gasteiger partial charge in [-0.25, -0.2) is 12.8 Å². The predicted octanol–water partition coefficient (Wildman–Crippen LogP) is 2.59. The Morgan fingerprint density at radius 2 is 1.89 bits per heavy atom. The molecular weight excluding hydrogens is 371 g/mol. The van der Waals surface area contributed by atoms with E-state index in [1.54, 1.807) is 19.1 Å². The van der Waals surface area contributed by atoms with Gasteiger partial charge in [-0.1, -0.05) is 18.2 Å². The average molecular weight is 392 g/mol. The minimum atomic E-state index is -3.94. The second kappa shape index (κ2) is 7.38. The zero-order valence-electron chi connectivity index (χ0n) is 15.0. The summed E-state index contributed by atoms with van der Waals surface area (Å²) in [4.78, 5) is 11.4. The number of sulfonamides is 1. The Morgan fingerprint density at radius 3 is 2.52 bits per heavy atom. The summed E-state index contributed by atoms with van der Waals surface area (Å²) in [5.41, 5.74) is 1.53. The number of halogens is 1. The lowest BCUT2D eigenvalue weighted by molar-refractivity contribution is -0.114. The van der Waals surface area contributed by atoms with E-state index in [0.29, 0.717) is 16.8 Å². The molecule has 1 aliphatic heterocycles. The fourth-order valence-electron chi connectivity index (χ4n) is 3.32. The van der Waals surface area contributed by atoms with Crippen molar-refractivity contribution in [1.29, 1.82) is 0 Å². The van der Waals surface area contributed by atoms with Crippen LogP contribution in [0.2, 0.25) is 0 Å². The molecule has 3 rings (SSSR count). The number of aliphatic hydroxyl groups is 1. The lowest BCUT2D eigenvalue weighted by Gasteiger charge is -2.25. The maximum absolute atomic E-state index is 13.3. The first-order valence-corrected chi connectivity index (χ1v) is 9.96. The fraction of sp³-hybridized carbons (Fsp3) is 0.316. The average Bonchev–Trinajstić information content (AvgIpc) is 2.99. The van der Waals surface area contributed by atoms with Crippen LogP contribution in [-0.4, -0.2) is 36.4 Å². The van der Waals surface area contributed by atoms with Crippen LogP contribution in [0.3, 0.4) is 0 Å². The standard InChI is InChI=1S/C19H21FN2O4S/c1-12-3-8-16(21-13(2)23)9-19(12)27(25,26)22-11-17(24)10-18(22)14-4-6-15(20)7-5-14/h3-9,17-18,24H,10-11H2,1-2H3,(H,21,23). The molecule has 0 radical (unpaired) electrons. The summed E-state index contributed by atoms with van der Waals surface area (Å²) in [7, 11) is -3.94. The van der Waals surface area contributed by atoms with Gasteiger partial charge in [0.05, 0.1) is 17.0 Å². The van der Waals surface area contributed by atoms with Crippen molar-refractivity contribution in [3.05, 3.63) is 59.4 Å². The quantitative estimate of drug-likeness (QED) is 0.837. The second-order valence-corrected chi connectivity index (χ2v) is 8.55. The number of anilines is 1. The second-order valence-electron chi connectivity index (χ2n) is 6.69. The minimum absolute atomic E-state index is 0.0474. The van der Waals surface area contributed by atoms with Gasteiger partial charge in [-0.05, 0) is 48.7 Å². The molecule has 1 fully saturated rings. The lowest BCUT2D eigenvalue weighted by Crippen LogP contribution is -2.32. The van der Waals surface area contributed by atoms with Crippen LogP contribution >= 0.6 is 0 Å². The fourth-order valence-corrected chi connectivity index (χ4v) is 5.24. The number of aryl methyl sites for hydroxylation is 1. The molecular formula is C19H21FN2O4S. The lowest BCUT2D eigenvalue weighted by atomic mass is 10.0. The summed E-state index contributed by atoms with van der Waals surface area (Å²) in [5.74, 6) is -0.714. The number of rotatable bonds is 4. The molecule has 27 heavy (non-hydrogen) atoms. The maximum atomic E-state index is 13.3. The van der Waals surface area contributed by atoms with E-state index in [1.165, 1.54) is 41.6 Å². The van der Waals surface area contributed by atoms with E-state index in [-0.39, 0.29) is 23.8 Å². The van der Waals surface area contributed by atoms with E-state index in [4.69, 9.17) is 0 Å². The normalized spacial score (nSPS) is 20.6. The van der Waals surface area contributed by atoms with Gasteiger partial charge >= 0.3 is 0 Å². The van der Waals surface area contributed by atoms with Crippen LogP contribution in [0, 0.1) is 12.7 Å². The molecule has 144 valence electrons. The van der Waals surface area contributed by atoms with Crippen molar-refractivity contribution < 1.29 is 22.7 Å². The van der Waals surface area contributed by atoms with Gasteiger partial charge in [-0.15, -0.1) is 0 Å². The monoisotopic (exact) mass is 392 g/mol. The minimum Gasteiger partial charge on any atom is -0.392 e. The molecule has 1 aliphatic rings. The summed E-state index contributed by atoms with van der Waals surface area (Å²) >= 11 is 0. The molecule has 1 saturated heterocycles. The summed E-state index contributed by atoms with van der Waals surface area (Å²) in [6.45, 7) is 2.97. The van der Waals surface area contributed by atoms with Crippen LogP contribution in [0.5, 0.6) is 0 Å². The number of nitrogens with one attached hydrogen (secondary N) is 1. The summed E-state index contributed by atoms with van der Waals surface area (Å²) in [5, 5.41) is 12.7. The molecule has 0 aromatic heterocycles. The highest BCUT2D eigenvalue weighted by molar-refractivity contribution is 7.89. The van der Waals surface area contributed by atoms with E-state index >= 15 is 0 Å². The van der Waals surface area contributed by atoms with E-state index in [2.05, 4.69) is 5.32 Å². The molecule has 6 nitrogen and oxygen atoms in total. The van der Waals surface area contributed by atoms with E-state index < -0.39 is 28.0 Å². The van der Waals surface area contributed by atoms with Gasteiger partial charge in [-0.3, -0.25) is 4.79 Å². The molecule has 8 heteroatoms. The Hall–Kier alpha value is -2.29. The van der Waals surface area contributed by atoms with E-state index in [1.807, 2.05) is 0 Å². The van der Waals surface area contributed by atoms with Gasteiger partial charge in [-0.2, -0.15) is 4.31 Å². The number of amides is 1. The smallest absolute Gasteiger partial charge is 0.244 e. The molecule has 2 atom stereocenters.